The quantitative estimate of drug-likeness (QED) is 0.554. The Morgan fingerprint density at radius 1 is 1.64 bits per heavy atom. The third kappa shape index (κ3) is 4.85. The average Bonchev–Trinajstić information content (AvgIpc) is 2.21. The Hall–Kier alpha value is -0.233. The van der Waals surface area contributed by atoms with Gasteiger partial charge < -0.3 is 20.3 Å². The maximum atomic E-state index is 11.8. The molecule has 0 aliphatic rings. The van der Waals surface area contributed by atoms with Crippen LogP contribution in [0, 0.1) is 0 Å². The molecular formula is C9H22N2O2Si. The minimum absolute atomic E-state index is 0.110. The van der Waals surface area contributed by atoms with Gasteiger partial charge in [0.1, 0.15) is 0 Å². The summed E-state index contributed by atoms with van der Waals surface area (Å²) in [4.78, 5) is 11.8. The zero-order valence-electron chi connectivity index (χ0n) is 9.38. The van der Waals surface area contributed by atoms with Crippen molar-refractivity contribution in [3.63, 3.8) is 0 Å². The normalized spacial score (nSPS) is 15.1. The van der Waals surface area contributed by atoms with Gasteiger partial charge in [-0.2, -0.15) is 0 Å². The van der Waals surface area contributed by atoms with Crippen molar-refractivity contribution in [3.8, 4) is 0 Å². The van der Waals surface area contributed by atoms with Crippen LogP contribution in [-0.4, -0.2) is 40.7 Å². The molecule has 0 saturated carbocycles. The molecule has 4 nitrogen and oxygen atoms in total. The fourth-order valence-electron chi connectivity index (χ4n) is 1.32. The van der Waals surface area contributed by atoms with Crippen LogP contribution in [0.4, 0.5) is 0 Å². The van der Waals surface area contributed by atoms with Crippen molar-refractivity contribution in [1.29, 1.82) is 0 Å². The van der Waals surface area contributed by atoms with Crippen LogP contribution in [0.25, 0.3) is 0 Å². The van der Waals surface area contributed by atoms with E-state index in [-0.39, 0.29) is 11.4 Å². The van der Waals surface area contributed by atoms with Gasteiger partial charge in [-0.25, -0.2) is 0 Å². The molecule has 0 aliphatic carbocycles. The number of carbonyl (C=O) groups excluding carboxylic acids is 1. The van der Waals surface area contributed by atoms with Gasteiger partial charge in [0, 0.05) is 20.2 Å². The Morgan fingerprint density at radius 2 is 2.29 bits per heavy atom. The van der Waals surface area contributed by atoms with Gasteiger partial charge in [0.15, 0.2) is 5.41 Å². The zero-order chi connectivity index (χ0) is 11.0. The van der Waals surface area contributed by atoms with E-state index in [0.717, 1.165) is 12.5 Å². The molecule has 0 aliphatic heterocycles. The van der Waals surface area contributed by atoms with Crippen LogP contribution >= 0.6 is 0 Å². The van der Waals surface area contributed by atoms with Gasteiger partial charge in [0.2, 0.25) is 0 Å². The summed E-state index contributed by atoms with van der Waals surface area (Å²) in [5.41, 5.74) is 5.35. The fraction of sp³-hybridized carbons (Fsp3) is 0.889. The fourth-order valence-corrected chi connectivity index (χ4v) is 3.27. The molecule has 0 aromatic heterocycles. The highest BCUT2D eigenvalue weighted by Gasteiger charge is 2.24. The maximum absolute atomic E-state index is 11.8. The summed E-state index contributed by atoms with van der Waals surface area (Å²) in [7, 11) is -0.0108. The van der Waals surface area contributed by atoms with Crippen molar-refractivity contribution < 1.29 is 9.22 Å². The first-order chi connectivity index (χ1) is 6.67. The van der Waals surface area contributed by atoms with Crippen LogP contribution in [-0.2, 0) is 9.22 Å². The molecule has 14 heavy (non-hydrogen) atoms. The van der Waals surface area contributed by atoms with Crippen LogP contribution in [0.1, 0.15) is 20.3 Å². The van der Waals surface area contributed by atoms with E-state index in [1.54, 1.807) is 7.11 Å². The molecule has 0 rings (SSSR count). The molecule has 5 heteroatoms. The Bertz CT molecular complexity index is 167. The molecule has 3 N–H and O–H groups in total. The molecule has 0 bridgehead atoms. The molecule has 0 radical (unpaired) electrons. The number of carbonyl (C=O) groups is 1. The summed E-state index contributed by atoms with van der Waals surface area (Å²) < 4.78 is 5.27. The third-order valence-electron chi connectivity index (χ3n) is 2.17. The van der Waals surface area contributed by atoms with E-state index in [4.69, 9.17) is 10.2 Å². The second kappa shape index (κ2) is 8.11. The van der Waals surface area contributed by atoms with Gasteiger partial charge in [-0.15, -0.1) is 0 Å². The molecule has 2 unspecified atom stereocenters. The van der Waals surface area contributed by atoms with Crippen molar-refractivity contribution in [2.75, 3.05) is 20.2 Å². The summed E-state index contributed by atoms with van der Waals surface area (Å²) in [6.45, 7) is 5.20. The molecule has 84 valence electrons. The van der Waals surface area contributed by atoms with Crippen molar-refractivity contribution in [3.05, 3.63) is 0 Å². The molecule has 0 saturated heterocycles. The summed E-state index contributed by atoms with van der Waals surface area (Å²) >= 11 is 0. The molecule has 0 spiro atoms. The first-order valence-corrected chi connectivity index (χ1v) is 7.03. The highest BCUT2D eigenvalue weighted by molar-refractivity contribution is 6.86. The maximum Gasteiger partial charge on any atom is 0.251 e. The molecule has 0 aromatic rings. The minimum Gasteiger partial charge on any atom is -0.415 e. The summed E-state index contributed by atoms with van der Waals surface area (Å²) in [5.74, 6) is 0. The van der Waals surface area contributed by atoms with E-state index < -0.39 is 9.04 Å². The predicted molar refractivity (Wildman–Crippen MR) is 60.8 cm³/mol. The molecule has 0 heterocycles. The van der Waals surface area contributed by atoms with Crippen molar-refractivity contribution in [2.24, 2.45) is 5.73 Å². The zero-order valence-corrected chi connectivity index (χ0v) is 10.5. The van der Waals surface area contributed by atoms with E-state index in [1.165, 1.54) is 0 Å². The Balaban J connectivity index is 3.99. The lowest BCUT2D eigenvalue weighted by atomic mass is 10.4. The van der Waals surface area contributed by atoms with E-state index in [1.807, 2.05) is 6.92 Å². The standard InChI is InChI=1S/C9H22N2O2Si/c1-4-7-14(13-3)9(12)8(2)11-6-5-10/h8,11,14H,4-7,10H2,1-3H3. The van der Waals surface area contributed by atoms with E-state index in [9.17, 15) is 4.79 Å². The van der Waals surface area contributed by atoms with Gasteiger partial charge in [0.05, 0.1) is 6.04 Å². The van der Waals surface area contributed by atoms with E-state index in [0.29, 0.717) is 13.1 Å². The summed E-state index contributed by atoms with van der Waals surface area (Å²) in [5, 5.41) is 3.34. The molecule has 0 amide bonds. The molecule has 0 fully saturated rings. The topological polar surface area (TPSA) is 64.3 Å². The van der Waals surface area contributed by atoms with Gasteiger partial charge >= 0.3 is 0 Å². The number of rotatable bonds is 8. The highest BCUT2D eigenvalue weighted by atomic mass is 28.3. The first kappa shape index (κ1) is 13.8. The van der Waals surface area contributed by atoms with Crippen LogP contribution < -0.4 is 11.1 Å². The second-order valence-corrected chi connectivity index (χ2v) is 5.97. The SMILES string of the molecule is CCC[SiH](OC)C(=O)C(C)NCCN. The van der Waals surface area contributed by atoms with Crippen molar-refractivity contribution in [2.45, 2.75) is 32.4 Å². The van der Waals surface area contributed by atoms with E-state index in [2.05, 4.69) is 12.2 Å². The van der Waals surface area contributed by atoms with Crippen molar-refractivity contribution in [1.82, 2.24) is 5.32 Å². The lowest BCUT2D eigenvalue weighted by molar-refractivity contribution is -0.114. The van der Waals surface area contributed by atoms with Gasteiger partial charge in [-0.1, -0.05) is 13.3 Å². The average molecular weight is 218 g/mol. The number of hydrogen-bond donors (Lipinski definition) is 2. The van der Waals surface area contributed by atoms with Crippen LogP contribution in [0.5, 0.6) is 0 Å². The Labute approximate surface area is 87.9 Å². The van der Waals surface area contributed by atoms with Gasteiger partial charge in [0.25, 0.3) is 9.04 Å². The largest absolute Gasteiger partial charge is 0.415 e. The molecular weight excluding hydrogens is 196 g/mol. The Morgan fingerprint density at radius 3 is 2.71 bits per heavy atom. The van der Waals surface area contributed by atoms with Gasteiger partial charge in [-0.3, -0.25) is 0 Å². The smallest absolute Gasteiger partial charge is 0.251 e. The molecule has 2 atom stereocenters. The van der Waals surface area contributed by atoms with E-state index >= 15 is 0 Å². The van der Waals surface area contributed by atoms with Crippen LogP contribution in [0.15, 0.2) is 0 Å². The number of nitrogens with two attached hydrogens (primary N) is 1. The van der Waals surface area contributed by atoms with Crippen molar-refractivity contribution >= 4 is 14.4 Å². The van der Waals surface area contributed by atoms with Gasteiger partial charge in [-0.05, 0) is 13.0 Å². The third-order valence-corrected chi connectivity index (χ3v) is 4.98. The molecule has 0 aromatic carbocycles. The highest BCUT2D eigenvalue weighted by Crippen LogP contribution is 2.02. The van der Waals surface area contributed by atoms with Crippen LogP contribution in [0.3, 0.4) is 0 Å². The lowest BCUT2D eigenvalue weighted by Gasteiger charge is -2.17. The monoisotopic (exact) mass is 218 g/mol. The summed E-state index contributed by atoms with van der Waals surface area (Å²) in [6, 6.07) is 0.811. The summed E-state index contributed by atoms with van der Waals surface area (Å²) in [6.07, 6.45) is 1.01. The second-order valence-electron chi connectivity index (χ2n) is 3.38. The minimum atomic E-state index is -1.65. The Kier molecular flexibility index (Phi) is 7.97. The number of hydrogen-bond acceptors (Lipinski definition) is 4. The van der Waals surface area contributed by atoms with Crippen LogP contribution in [0.2, 0.25) is 6.04 Å². The predicted octanol–water partition coefficient (Wildman–Crippen LogP) is -0.188. The first-order valence-electron chi connectivity index (χ1n) is 5.17. The lowest BCUT2D eigenvalue weighted by Crippen LogP contribution is -2.45. The number of nitrogens with one attached hydrogen (secondary N) is 1.